The van der Waals surface area contributed by atoms with Gasteiger partial charge in [-0.25, -0.2) is 13.1 Å². The Morgan fingerprint density at radius 1 is 1.36 bits per heavy atom. The highest BCUT2D eigenvalue weighted by Crippen LogP contribution is 2.24. The van der Waals surface area contributed by atoms with Crippen molar-refractivity contribution >= 4 is 34.0 Å². The van der Waals surface area contributed by atoms with E-state index in [9.17, 15) is 13.2 Å². The number of carbonyl (C=O) groups excluding carboxylic acids is 1. The number of rotatable bonds is 6. The molecule has 4 N–H and O–H groups in total. The second-order valence-electron chi connectivity index (χ2n) is 5.26. The number of nitrogens with two attached hydrogens (primary N) is 1. The third-order valence-electron chi connectivity index (χ3n) is 3.38. The van der Waals surface area contributed by atoms with Gasteiger partial charge >= 0.3 is 0 Å². The van der Waals surface area contributed by atoms with Crippen molar-refractivity contribution in [3.8, 4) is 0 Å². The Morgan fingerprint density at radius 3 is 2.45 bits per heavy atom. The smallest absolute Gasteiger partial charge is 0.244 e. The van der Waals surface area contributed by atoms with Gasteiger partial charge in [0.15, 0.2) is 0 Å². The fourth-order valence-electron chi connectivity index (χ4n) is 2.05. The van der Waals surface area contributed by atoms with Crippen molar-refractivity contribution in [1.82, 2.24) is 4.72 Å². The summed E-state index contributed by atoms with van der Waals surface area (Å²) in [7, 11) is -2.22. The van der Waals surface area contributed by atoms with Crippen LogP contribution in [0.1, 0.15) is 32.3 Å². The van der Waals surface area contributed by atoms with Crippen molar-refractivity contribution in [2.45, 2.75) is 44.0 Å². The number of amides is 1. The van der Waals surface area contributed by atoms with E-state index in [4.69, 9.17) is 5.73 Å². The first-order valence-electron chi connectivity index (χ1n) is 6.79. The summed E-state index contributed by atoms with van der Waals surface area (Å²) in [6, 6.07) is 4.73. The molecule has 0 spiro atoms. The molecule has 1 unspecified atom stereocenters. The SMILES string of the molecule is CCCC(C)(N)C(=O)Nc1cccc(S(=O)(=O)NC)c1C.Cl. The summed E-state index contributed by atoms with van der Waals surface area (Å²) in [4.78, 5) is 12.3. The highest BCUT2D eigenvalue weighted by Gasteiger charge is 2.28. The molecule has 1 amide bonds. The fraction of sp³-hybridized carbons (Fsp3) is 0.500. The first-order valence-corrected chi connectivity index (χ1v) is 8.27. The highest BCUT2D eigenvalue weighted by atomic mass is 35.5. The van der Waals surface area contributed by atoms with Gasteiger partial charge in [-0.1, -0.05) is 19.4 Å². The number of hydrogen-bond donors (Lipinski definition) is 3. The Morgan fingerprint density at radius 2 is 1.95 bits per heavy atom. The molecule has 0 aliphatic rings. The van der Waals surface area contributed by atoms with Crippen LogP contribution in [0.15, 0.2) is 23.1 Å². The van der Waals surface area contributed by atoms with E-state index < -0.39 is 15.6 Å². The van der Waals surface area contributed by atoms with Crippen molar-refractivity contribution in [3.63, 3.8) is 0 Å². The fourth-order valence-corrected chi connectivity index (χ4v) is 3.04. The number of halogens is 1. The van der Waals surface area contributed by atoms with Crippen molar-refractivity contribution in [1.29, 1.82) is 0 Å². The Balaban J connectivity index is 0.00000441. The molecule has 0 fully saturated rings. The van der Waals surface area contributed by atoms with Crippen LogP contribution < -0.4 is 15.8 Å². The van der Waals surface area contributed by atoms with Crippen molar-refractivity contribution in [3.05, 3.63) is 23.8 Å². The van der Waals surface area contributed by atoms with Gasteiger partial charge in [0.25, 0.3) is 0 Å². The van der Waals surface area contributed by atoms with Gasteiger partial charge in [-0.2, -0.15) is 0 Å². The van der Waals surface area contributed by atoms with Crippen molar-refractivity contribution in [2.75, 3.05) is 12.4 Å². The van der Waals surface area contributed by atoms with Crippen LogP contribution >= 0.6 is 12.4 Å². The summed E-state index contributed by atoms with van der Waals surface area (Å²) in [5.74, 6) is -0.327. The summed E-state index contributed by atoms with van der Waals surface area (Å²) in [5, 5.41) is 2.72. The summed E-state index contributed by atoms with van der Waals surface area (Å²) in [6.45, 7) is 5.26. The molecule has 0 radical (unpaired) electrons. The molecule has 1 rings (SSSR count). The van der Waals surface area contributed by atoms with Crippen LogP contribution in [0.25, 0.3) is 0 Å². The standard InChI is InChI=1S/C14H23N3O3S.ClH/c1-5-9-14(3,15)13(18)17-11-7-6-8-12(10(11)2)21(19,20)16-4;/h6-8,16H,5,9,15H2,1-4H3,(H,17,18);1H. The molecule has 22 heavy (non-hydrogen) atoms. The lowest BCUT2D eigenvalue weighted by atomic mass is 9.96. The van der Waals surface area contributed by atoms with Crippen molar-refractivity contribution in [2.24, 2.45) is 5.73 Å². The average Bonchev–Trinajstić information content (AvgIpc) is 2.40. The van der Waals surface area contributed by atoms with Gasteiger partial charge in [0, 0.05) is 5.69 Å². The Bertz CT molecular complexity index is 630. The van der Waals surface area contributed by atoms with E-state index in [1.807, 2.05) is 6.92 Å². The minimum absolute atomic E-state index is 0. The molecule has 0 saturated carbocycles. The molecule has 0 aliphatic heterocycles. The predicted octanol–water partition coefficient (Wildman–Crippen LogP) is 1.78. The zero-order valence-corrected chi connectivity index (χ0v) is 14.9. The van der Waals surface area contributed by atoms with E-state index >= 15 is 0 Å². The number of benzene rings is 1. The Kier molecular flexibility index (Phi) is 7.50. The average molecular weight is 350 g/mol. The molecule has 0 bridgehead atoms. The lowest BCUT2D eigenvalue weighted by Crippen LogP contribution is -2.48. The van der Waals surface area contributed by atoms with Gasteiger partial charge in [0.1, 0.15) is 0 Å². The van der Waals surface area contributed by atoms with Crippen LogP contribution in [-0.4, -0.2) is 26.9 Å². The third-order valence-corrected chi connectivity index (χ3v) is 4.94. The summed E-state index contributed by atoms with van der Waals surface area (Å²) in [6.07, 6.45) is 1.33. The third kappa shape index (κ3) is 4.67. The molecule has 6 nitrogen and oxygen atoms in total. The van der Waals surface area contributed by atoms with E-state index in [1.165, 1.54) is 13.1 Å². The van der Waals surface area contributed by atoms with Crippen LogP contribution in [0.4, 0.5) is 5.69 Å². The quantitative estimate of drug-likeness (QED) is 0.728. The Labute approximate surface area is 138 Å². The molecule has 126 valence electrons. The first kappa shape index (κ1) is 20.9. The maximum Gasteiger partial charge on any atom is 0.244 e. The molecule has 1 aromatic carbocycles. The van der Waals surface area contributed by atoms with Gasteiger partial charge in [0.05, 0.1) is 10.4 Å². The summed E-state index contributed by atoms with van der Waals surface area (Å²) >= 11 is 0. The second-order valence-corrected chi connectivity index (χ2v) is 7.11. The number of hydrogen-bond acceptors (Lipinski definition) is 4. The van der Waals surface area contributed by atoms with E-state index in [0.717, 1.165) is 6.42 Å². The molecule has 8 heteroatoms. The number of anilines is 1. The van der Waals surface area contributed by atoms with E-state index in [2.05, 4.69) is 10.0 Å². The monoisotopic (exact) mass is 349 g/mol. The zero-order chi connectivity index (χ0) is 16.3. The van der Waals surface area contributed by atoms with E-state index in [-0.39, 0.29) is 23.2 Å². The van der Waals surface area contributed by atoms with Gasteiger partial charge < -0.3 is 11.1 Å². The highest BCUT2D eigenvalue weighted by molar-refractivity contribution is 7.89. The van der Waals surface area contributed by atoms with E-state index in [1.54, 1.807) is 26.0 Å². The van der Waals surface area contributed by atoms with E-state index in [0.29, 0.717) is 17.7 Å². The van der Waals surface area contributed by atoms with Gasteiger partial charge in [-0.15, -0.1) is 12.4 Å². The maximum absolute atomic E-state index is 12.2. The largest absolute Gasteiger partial charge is 0.324 e. The molecule has 0 aromatic heterocycles. The minimum atomic E-state index is -3.57. The zero-order valence-electron chi connectivity index (χ0n) is 13.3. The van der Waals surface area contributed by atoms with Crippen LogP contribution in [0.2, 0.25) is 0 Å². The molecule has 1 atom stereocenters. The molecule has 0 heterocycles. The molecular weight excluding hydrogens is 326 g/mol. The Hall–Kier alpha value is -1.15. The van der Waals surface area contributed by atoms with Crippen LogP contribution in [0.3, 0.4) is 0 Å². The number of sulfonamides is 1. The van der Waals surface area contributed by atoms with Gasteiger partial charge in [-0.3, -0.25) is 4.79 Å². The molecule has 1 aromatic rings. The topological polar surface area (TPSA) is 101 Å². The summed E-state index contributed by atoms with van der Waals surface area (Å²) in [5.41, 5.74) is 5.92. The molecular formula is C14H24ClN3O3S. The van der Waals surface area contributed by atoms with Gasteiger partial charge in [0.2, 0.25) is 15.9 Å². The predicted molar refractivity (Wildman–Crippen MR) is 90.8 cm³/mol. The van der Waals surface area contributed by atoms with Crippen LogP contribution in [-0.2, 0) is 14.8 Å². The summed E-state index contributed by atoms with van der Waals surface area (Å²) < 4.78 is 26.1. The lowest BCUT2D eigenvalue weighted by Gasteiger charge is -2.23. The lowest BCUT2D eigenvalue weighted by molar-refractivity contribution is -0.120. The van der Waals surface area contributed by atoms with Crippen LogP contribution in [0.5, 0.6) is 0 Å². The minimum Gasteiger partial charge on any atom is -0.324 e. The first-order chi connectivity index (χ1) is 9.65. The van der Waals surface area contributed by atoms with Crippen LogP contribution in [0, 0.1) is 6.92 Å². The second kappa shape index (κ2) is 7.92. The molecule has 0 saturated heterocycles. The van der Waals surface area contributed by atoms with Gasteiger partial charge in [-0.05, 0) is 45.0 Å². The maximum atomic E-state index is 12.2. The number of carbonyl (C=O) groups is 1. The normalized spacial score (nSPS) is 13.9. The number of nitrogens with one attached hydrogen (secondary N) is 2. The molecule has 0 aliphatic carbocycles. The van der Waals surface area contributed by atoms with Crippen molar-refractivity contribution < 1.29 is 13.2 Å².